The number of carbonyl (C=O) groups excluding carboxylic acids is 1. The number of nitrogens with zero attached hydrogens (tertiary/aromatic N) is 1. The second-order valence-corrected chi connectivity index (χ2v) is 7.76. The monoisotopic (exact) mass is 351 g/mol. The van der Waals surface area contributed by atoms with Crippen LogP contribution < -0.4 is 0 Å². The molecular weight excluding hydrogens is 330 g/mol. The lowest BCUT2D eigenvalue weighted by molar-refractivity contribution is 0.0737. The summed E-state index contributed by atoms with van der Waals surface area (Å²) in [5.74, 6) is 1.40. The van der Waals surface area contributed by atoms with Crippen LogP contribution in [0, 0.1) is 6.92 Å². The molecule has 0 aliphatic carbocycles. The number of thioether (sulfide) groups is 1. The molecule has 1 aliphatic heterocycles. The van der Waals surface area contributed by atoms with Crippen LogP contribution in [-0.4, -0.2) is 29.6 Å². The highest BCUT2D eigenvalue weighted by Crippen LogP contribution is 2.36. The minimum atomic E-state index is 0.00207. The molecule has 1 aliphatic rings. The molecule has 1 aromatic heterocycles. The Hall–Kier alpha value is -2.20. The molecule has 128 valence electrons. The molecule has 1 fully saturated rings. The lowest BCUT2D eigenvalue weighted by atomic mass is 10.0. The Morgan fingerprint density at radius 2 is 1.92 bits per heavy atom. The first kappa shape index (κ1) is 16.3. The van der Waals surface area contributed by atoms with Crippen LogP contribution in [0.2, 0.25) is 0 Å². The smallest absolute Gasteiger partial charge is 0.289 e. The molecule has 25 heavy (non-hydrogen) atoms. The van der Waals surface area contributed by atoms with Crippen molar-refractivity contribution in [3.63, 3.8) is 0 Å². The average Bonchev–Trinajstić information content (AvgIpc) is 2.92. The zero-order valence-electron chi connectivity index (χ0n) is 14.3. The third-order valence-corrected chi connectivity index (χ3v) is 6.11. The molecule has 0 radical (unpaired) electrons. The first-order valence-corrected chi connectivity index (χ1v) is 9.72. The van der Waals surface area contributed by atoms with E-state index in [0.29, 0.717) is 11.0 Å². The fraction of sp³-hybridized carbons (Fsp3) is 0.286. The van der Waals surface area contributed by atoms with Gasteiger partial charge in [0, 0.05) is 29.5 Å². The van der Waals surface area contributed by atoms with Crippen LogP contribution in [0.15, 0.2) is 59.0 Å². The molecule has 0 saturated carbocycles. The Balaban J connectivity index is 1.50. The summed E-state index contributed by atoms with van der Waals surface area (Å²) in [5, 5.41) is 1.43. The molecule has 2 heterocycles. The second-order valence-electron chi connectivity index (χ2n) is 6.45. The van der Waals surface area contributed by atoms with Crippen LogP contribution in [0.4, 0.5) is 0 Å². The summed E-state index contributed by atoms with van der Waals surface area (Å²) in [6, 6.07) is 18.2. The predicted molar refractivity (Wildman–Crippen MR) is 103 cm³/mol. The van der Waals surface area contributed by atoms with Gasteiger partial charge in [-0.25, -0.2) is 0 Å². The van der Waals surface area contributed by atoms with Crippen molar-refractivity contribution in [3.05, 3.63) is 71.5 Å². The van der Waals surface area contributed by atoms with Gasteiger partial charge in [-0.05, 0) is 36.6 Å². The van der Waals surface area contributed by atoms with Gasteiger partial charge >= 0.3 is 0 Å². The lowest BCUT2D eigenvalue weighted by Gasteiger charge is -2.19. The highest BCUT2D eigenvalue weighted by Gasteiger charge is 2.25. The van der Waals surface area contributed by atoms with Crippen molar-refractivity contribution in [2.45, 2.75) is 18.6 Å². The number of rotatable bonds is 2. The van der Waals surface area contributed by atoms with E-state index in [9.17, 15) is 4.79 Å². The number of aryl methyl sites for hydroxylation is 1. The van der Waals surface area contributed by atoms with Gasteiger partial charge < -0.3 is 9.32 Å². The molecule has 4 rings (SSSR count). The highest BCUT2D eigenvalue weighted by molar-refractivity contribution is 7.99. The maximum absolute atomic E-state index is 12.9. The van der Waals surface area contributed by atoms with Gasteiger partial charge in [-0.1, -0.05) is 42.5 Å². The van der Waals surface area contributed by atoms with Gasteiger partial charge in [-0.3, -0.25) is 4.79 Å². The van der Waals surface area contributed by atoms with Crippen molar-refractivity contribution < 1.29 is 9.21 Å². The normalized spacial score (nSPS) is 18.3. The zero-order valence-corrected chi connectivity index (χ0v) is 15.1. The first-order chi connectivity index (χ1) is 12.2. The number of fused-ring (bicyclic) bond motifs is 1. The van der Waals surface area contributed by atoms with Gasteiger partial charge in [-0.15, -0.1) is 0 Å². The first-order valence-electron chi connectivity index (χ1n) is 8.67. The number of amides is 1. The zero-order chi connectivity index (χ0) is 17.2. The molecule has 1 atom stereocenters. The van der Waals surface area contributed by atoms with Gasteiger partial charge in [0.2, 0.25) is 0 Å². The summed E-state index contributed by atoms with van der Waals surface area (Å²) in [6.45, 7) is 3.70. The van der Waals surface area contributed by atoms with Crippen molar-refractivity contribution in [2.75, 3.05) is 18.8 Å². The summed E-state index contributed by atoms with van der Waals surface area (Å²) >= 11 is 1.95. The maximum Gasteiger partial charge on any atom is 0.289 e. The summed E-state index contributed by atoms with van der Waals surface area (Å²) < 4.78 is 5.76. The number of benzene rings is 2. The number of hydrogen-bond donors (Lipinski definition) is 0. The Morgan fingerprint density at radius 3 is 2.76 bits per heavy atom. The standard InChI is InChI=1S/C21H21NO2S/c1-15-6-2-4-8-17(15)20-10-11-22(12-13-25-20)21(23)19-14-16-7-3-5-9-18(16)24-19/h2-9,14,20H,10-13H2,1H3/t20-/m1/s1. The predicted octanol–water partition coefficient (Wildman–Crippen LogP) is 5.06. The van der Waals surface area contributed by atoms with Crippen molar-refractivity contribution >= 4 is 28.6 Å². The maximum atomic E-state index is 12.9. The van der Waals surface area contributed by atoms with Crippen molar-refractivity contribution in [1.82, 2.24) is 4.90 Å². The Morgan fingerprint density at radius 1 is 1.12 bits per heavy atom. The molecule has 1 saturated heterocycles. The molecule has 2 aromatic carbocycles. The fourth-order valence-electron chi connectivity index (χ4n) is 3.41. The van der Waals surface area contributed by atoms with E-state index in [1.165, 1.54) is 11.1 Å². The summed E-state index contributed by atoms with van der Waals surface area (Å²) in [4.78, 5) is 14.8. The van der Waals surface area contributed by atoms with Crippen LogP contribution in [0.25, 0.3) is 11.0 Å². The molecule has 0 unspecified atom stereocenters. The minimum absolute atomic E-state index is 0.00207. The van der Waals surface area contributed by atoms with E-state index in [0.717, 1.165) is 36.2 Å². The molecule has 0 bridgehead atoms. The van der Waals surface area contributed by atoms with Gasteiger partial charge in [0.15, 0.2) is 5.76 Å². The third kappa shape index (κ3) is 3.31. The summed E-state index contributed by atoms with van der Waals surface area (Å²) in [5.41, 5.74) is 3.50. The average molecular weight is 351 g/mol. The third-order valence-electron chi connectivity index (χ3n) is 4.80. The van der Waals surface area contributed by atoms with Crippen LogP contribution in [0.1, 0.15) is 33.4 Å². The van der Waals surface area contributed by atoms with E-state index < -0.39 is 0 Å². The lowest BCUT2D eigenvalue weighted by Crippen LogP contribution is -2.32. The highest BCUT2D eigenvalue weighted by atomic mass is 32.2. The van der Waals surface area contributed by atoms with Crippen molar-refractivity contribution in [2.24, 2.45) is 0 Å². The molecule has 3 nitrogen and oxygen atoms in total. The largest absolute Gasteiger partial charge is 0.451 e. The molecule has 4 heteroatoms. The van der Waals surface area contributed by atoms with Crippen molar-refractivity contribution in [3.8, 4) is 0 Å². The Kier molecular flexibility index (Phi) is 4.53. The SMILES string of the molecule is Cc1ccccc1[C@H]1CCN(C(=O)c2cc3ccccc3o2)CCS1. The second kappa shape index (κ2) is 6.96. The molecule has 0 N–H and O–H groups in total. The summed E-state index contributed by atoms with van der Waals surface area (Å²) in [7, 11) is 0. The van der Waals surface area contributed by atoms with Crippen LogP contribution in [0.3, 0.4) is 0 Å². The Bertz CT molecular complexity index is 869. The van der Waals surface area contributed by atoms with Crippen LogP contribution in [0.5, 0.6) is 0 Å². The van der Waals surface area contributed by atoms with E-state index in [1.54, 1.807) is 0 Å². The van der Waals surface area contributed by atoms with Crippen LogP contribution >= 0.6 is 11.8 Å². The van der Waals surface area contributed by atoms with E-state index >= 15 is 0 Å². The van der Waals surface area contributed by atoms with E-state index in [2.05, 4.69) is 31.2 Å². The van der Waals surface area contributed by atoms with E-state index in [1.807, 2.05) is 47.0 Å². The molecule has 3 aromatic rings. The molecule has 1 amide bonds. The molecular formula is C21H21NO2S. The van der Waals surface area contributed by atoms with Crippen LogP contribution in [-0.2, 0) is 0 Å². The number of para-hydroxylation sites is 1. The van der Waals surface area contributed by atoms with E-state index in [4.69, 9.17) is 4.42 Å². The summed E-state index contributed by atoms with van der Waals surface area (Å²) in [6.07, 6.45) is 0.974. The minimum Gasteiger partial charge on any atom is -0.451 e. The van der Waals surface area contributed by atoms with Gasteiger partial charge in [0.05, 0.1) is 0 Å². The topological polar surface area (TPSA) is 33.5 Å². The van der Waals surface area contributed by atoms with Gasteiger partial charge in [-0.2, -0.15) is 11.8 Å². The van der Waals surface area contributed by atoms with Gasteiger partial charge in [0.1, 0.15) is 5.58 Å². The number of hydrogen-bond acceptors (Lipinski definition) is 3. The van der Waals surface area contributed by atoms with E-state index in [-0.39, 0.29) is 5.91 Å². The number of furan rings is 1. The quantitative estimate of drug-likeness (QED) is 0.647. The molecule has 0 spiro atoms. The fourth-order valence-corrected chi connectivity index (χ4v) is 4.74. The van der Waals surface area contributed by atoms with Gasteiger partial charge in [0.25, 0.3) is 5.91 Å². The van der Waals surface area contributed by atoms with Crippen molar-refractivity contribution in [1.29, 1.82) is 0 Å². The number of carbonyl (C=O) groups is 1. The Labute approximate surface area is 152 Å².